The van der Waals surface area contributed by atoms with Gasteiger partial charge in [-0.15, -0.1) is 0 Å². The van der Waals surface area contributed by atoms with Gasteiger partial charge in [0, 0.05) is 25.7 Å². The van der Waals surface area contributed by atoms with Gasteiger partial charge in [0.05, 0.1) is 7.11 Å². The number of methoxy groups -OCH3 is 1. The molecule has 0 spiro atoms. The van der Waals surface area contributed by atoms with Crippen molar-refractivity contribution in [3.63, 3.8) is 0 Å². The number of hydroxylamine groups is 1. The van der Waals surface area contributed by atoms with E-state index in [4.69, 9.17) is 14.7 Å². The highest BCUT2D eigenvalue weighted by atomic mass is 32.2. The summed E-state index contributed by atoms with van der Waals surface area (Å²) in [5.74, 6) is 0.197. The number of carbonyl (C=O) groups excluding carboxylic acids is 1. The van der Waals surface area contributed by atoms with Crippen LogP contribution in [0.1, 0.15) is 19.3 Å². The van der Waals surface area contributed by atoms with Gasteiger partial charge in [-0.05, 0) is 37.9 Å². The van der Waals surface area contributed by atoms with Gasteiger partial charge in [-0.2, -0.15) is 0 Å². The van der Waals surface area contributed by atoms with Crippen molar-refractivity contribution in [1.82, 2.24) is 15.1 Å². The van der Waals surface area contributed by atoms with Crippen molar-refractivity contribution in [1.29, 1.82) is 0 Å². The number of amides is 1. The summed E-state index contributed by atoms with van der Waals surface area (Å²) in [6, 6.07) is 7.21. The van der Waals surface area contributed by atoms with Crippen molar-refractivity contribution < 1.29 is 33.0 Å². The SMILES string of the molecule is COc1cccc(OC2CCN(S(=O)(=O)C3CCNCC3(O)C(=O)NO)CC2)c1. The molecule has 11 heteroatoms. The molecule has 10 nitrogen and oxygen atoms in total. The minimum absolute atomic E-state index is 0.0620. The number of β-amino-alcohol motifs (C(OH)–C–C–N with tert-alkyl or cyclic N) is 1. The summed E-state index contributed by atoms with van der Waals surface area (Å²) in [5.41, 5.74) is -0.855. The smallest absolute Gasteiger partial charge is 0.278 e. The normalized spacial score (nSPS) is 26.7. The Labute approximate surface area is 169 Å². The maximum atomic E-state index is 13.1. The van der Waals surface area contributed by atoms with Gasteiger partial charge < -0.3 is 19.9 Å². The number of ether oxygens (including phenoxy) is 2. The first-order valence-electron chi connectivity index (χ1n) is 9.48. The van der Waals surface area contributed by atoms with Crippen LogP contribution in [0, 0.1) is 0 Å². The van der Waals surface area contributed by atoms with Crippen LogP contribution in [0.2, 0.25) is 0 Å². The van der Waals surface area contributed by atoms with Crippen LogP contribution in [0.25, 0.3) is 0 Å². The molecular formula is C18H27N3O7S. The van der Waals surface area contributed by atoms with Gasteiger partial charge in [-0.25, -0.2) is 18.2 Å². The number of benzene rings is 1. The highest BCUT2D eigenvalue weighted by Gasteiger charge is 2.54. The summed E-state index contributed by atoms with van der Waals surface area (Å²) in [6.07, 6.45) is 0.867. The molecule has 29 heavy (non-hydrogen) atoms. The molecule has 162 valence electrons. The number of nitrogens with zero attached hydrogens (tertiary/aromatic N) is 1. The zero-order chi connectivity index (χ0) is 21.1. The lowest BCUT2D eigenvalue weighted by molar-refractivity contribution is -0.150. The second-order valence-corrected chi connectivity index (χ2v) is 9.37. The van der Waals surface area contributed by atoms with Crippen molar-refractivity contribution in [2.24, 2.45) is 0 Å². The Kier molecular flexibility index (Phi) is 6.64. The molecule has 0 saturated carbocycles. The minimum atomic E-state index is -3.96. The predicted octanol–water partition coefficient (Wildman–Crippen LogP) is -0.533. The minimum Gasteiger partial charge on any atom is -0.497 e. The lowest BCUT2D eigenvalue weighted by Gasteiger charge is -2.41. The van der Waals surface area contributed by atoms with Gasteiger partial charge >= 0.3 is 0 Å². The van der Waals surface area contributed by atoms with Crippen molar-refractivity contribution in [2.45, 2.75) is 36.2 Å². The van der Waals surface area contributed by atoms with Gasteiger partial charge in [0.1, 0.15) is 22.9 Å². The topological polar surface area (TPSA) is 137 Å². The van der Waals surface area contributed by atoms with E-state index in [0.29, 0.717) is 30.9 Å². The average Bonchev–Trinajstić information content (AvgIpc) is 2.73. The average molecular weight is 429 g/mol. The molecule has 0 aromatic heterocycles. The van der Waals surface area contributed by atoms with E-state index in [1.807, 2.05) is 18.2 Å². The Bertz CT molecular complexity index is 826. The number of hydrogen-bond acceptors (Lipinski definition) is 8. The molecule has 2 saturated heterocycles. The summed E-state index contributed by atoms with van der Waals surface area (Å²) >= 11 is 0. The fourth-order valence-corrected chi connectivity index (χ4v) is 6.01. The number of rotatable bonds is 6. The molecule has 1 aromatic carbocycles. The molecular weight excluding hydrogens is 402 g/mol. The molecule has 4 N–H and O–H groups in total. The van der Waals surface area contributed by atoms with Crippen molar-refractivity contribution in [3.8, 4) is 11.5 Å². The van der Waals surface area contributed by atoms with Crippen LogP contribution in [0.15, 0.2) is 24.3 Å². The third-order valence-electron chi connectivity index (χ3n) is 5.47. The predicted molar refractivity (Wildman–Crippen MR) is 103 cm³/mol. The first-order valence-corrected chi connectivity index (χ1v) is 11.0. The monoisotopic (exact) mass is 429 g/mol. The quantitative estimate of drug-likeness (QED) is 0.350. The third kappa shape index (κ3) is 4.48. The van der Waals surface area contributed by atoms with Gasteiger partial charge in [-0.1, -0.05) is 6.07 Å². The van der Waals surface area contributed by atoms with Gasteiger partial charge in [0.25, 0.3) is 5.91 Å². The van der Waals surface area contributed by atoms with E-state index in [9.17, 15) is 18.3 Å². The summed E-state index contributed by atoms with van der Waals surface area (Å²) < 4.78 is 38.7. The van der Waals surface area contributed by atoms with Crippen molar-refractivity contribution >= 4 is 15.9 Å². The van der Waals surface area contributed by atoms with E-state index in [0.717, 1.165) is 0 Å². The molecule has 3 rings (SSSR count). The zero-order valence-electron chi connectivity index (χ0n) is 16.2. The summed E-state index contributed by atoms with van der Waals surface area (Å²) in [4.78, 5) is 12.0. The summed E-state index contributed by atoms with van der Waals surface area (Å²) in [6.45, 7) is 0.536. The van der Waals surface area contributed by atoms with Crippen LogP contribution in [0.5, 0.6) is 11.5 Å². The van der Waals surface area contributed by atoms with Crippen LogP contribution >= 0.6 is 0 Å². The second kappa shape index (κ2) is 8.84. The number of piperidine rings is 2. The van der Waals surface area contributed by atoms with E-state index in [2.05, 4.69) is 5.32 Å². The van der Waals surface area contributed by atoms with Crippen LogP contribution < -0.4 is 20.3 Å². The Morgan fingerprint density at radius 2 is 1.97 bits per heavy atom. The maximum Gasteiger partial charge on any atom is 0.278 e. The first-order chi connectivity index (χ1) is 13.8. The Morgan fingerprint density at radius 3 is 2.62 bits per heavy atom. The lowest BCUT2D eigenvalue weighted by Crippen LogP contribution is -2.67. The number of sulfonamides is 1. The van der Waals surface area contributed by atoms with Crippen molar-refractivity contribution in [2.75, 3.05) is 33.3 Å². The van der Waals surface area contributed by atoms with Crippen LogP contribution in [-0.4, -0.2) is 79.2 Å². The van der Waals surface area contributed by atoms with Crippen LogP contribution in [0.3, 0.4) is 0 Å². The molecule has 1 aromatic rings. The Morgan fingerprint density at radius 1 is 1.28 bits per heavy atom. The molecule has 0 aliphatic carbocycles. The number of aliphatic hydroxyl groups is 1. The molecule has 2 fully saturated rings. The first kappa shape index (κ1) is 21.8. The highest BCUT2D eigenvalue weighted by Crippen LogP contribution is 2.30. The van der Waals surface area contributed by atoms with E-state index >= 15 is 0 Å². The largest absolute Gasteiger partial charge is 0.497 e. The van der Waals surface area contributed by atoms with E-state index in [1.54, 1.807) is 13.2 Å². The number of nitrogens with one attached hydrogen (secondary N) is 2. The third-order valence-corrected chi connectivity index (χ3v) is 7.90. The van der Waals surface area contributed by atoms with Crippen molar-refractivity contribution in [3.05, 3.63) is 24.3 Å². The van der Waals surface area contributed by atoms with Gasteiger partial charge in [0.2, 0.25) is 10.0 Å². The standard InChI is InChI=1S/C18H27N3O7S/c1-27-14-3-2-4-15(11-14)28-13-6-9-21(10-7-13)29(25,26)16-5-8-19-12-18(16,23)17(22)20-24/h2-4,11,13,16,19,23-24H,5-10,12H2,1H3,(H,20,22). The van der Waals surface area contributed by atoms with E-state index in [1.165, 1.54) is 9.79 Å². The molecule has 2 unspecified atom stereocenters. The molecule has 2 heterocycles. The van der Waals surface area contributed by atoms with E-state index < -0.39 is 26.8 Å². The maximum absolute atomic E-state index is 13.1. The fourth-order valence-electron chi connectivity index (χ4n) is 3.83. The van der Waals surface area contributed by atoms with Gasteiger partial charge in [0.15, 0.2) is 5.60 Å². The molecule has 0 radical (unpaired) electrons. The lowest BCUT2D eigenvalue weighted by atomic mass is 9.93. The number of hydrogen-bond donors (Lipinski definition) is 4. The zero-order valence-corrected chi connectivity index (χ0v) is 17.0. The van der Waals surface area contributed by atoms with Gasteiger partial charge in [-0.3, -0.25) is 10.0 Å². The molecule has 1 amide bonds. The second-order valence-electron chi connectivity index (χ2n) is 7.26. The molecule has 0 bridgehead atoms. The molecule has 2 aliphatic heterocycles. The fraction of sp³-hybridized carbons (Fsp3) is 0.611. The Balaban J connectivity index is 1.66. The van der Waals surface area contributed by atoms with Crippen LogP contribution in [-0.2, 0) is 14.8 Å². The van der Waals surface area contributed by atoms with E-state index in [-0.39, 0.29) is 32.2 Å². The molecule has 2 atom stereocenters. The van der Waals surface area contributed by atoms with Crippen LogP contribution in [0.4, 0.5) is 0 Å². The molecule has 2 aliphatic rings. The summed E-state index contributed by atoms with van der Waals surface area (Å²) in [5, 5.41) is 21.1. The highest BCUT2D eigenvalue weighted by molar-refractivity contribution is 7.89. The summed E-state index contributed by atoms with van der Waals surface area (Å²) in [7, 11) is -2.39. The Hall–Kier alpha value is -1.92. The number of carbonyl (C=O) groups is 1.